The van der Waals surface area contributed by atoms with Crippen LogP contribution in [0.2, 0.25) is 5.02 Å². The van der Waals surface area contributed by atoms with Gasteiger partial charge in [-0.1, -0.05) is 39.7 Å². The summed E-state index contributed by atoms with van der Waals surface area (Å²) < 4.78 is 40.5. The number of hydrogen-bond donors (Lipinski definition) is 1. The topological polar surface area (TPSA) is 46.2 Å². The van der Waals surface area contributed by atoms with Crippen molar-refractivity contribution in [2.24, 2.45) is 0 Å². The van der Waals surface area contributed by atoms with Gasteiger partial charge < -0.3 is 0 Å². The third kappa shape index (κ3) is 4.69. The molecule has 21 heavy (non-hydrogen) atoms. The summed E-state index contributed by atoms with van der Waals surface area (Å²) in [6.07, 6.45) is 0.269. The molecule has 0 atom stereocenters. The quantitative estimate of drug-likeness (QED) is 0.828. The lowest BCUT2D eigenvalue weighted by Gasteiger charge is -2.09. The molecular weight excluding hydrogens is 381 g/mol. The van der Waals surface area contributed by atoms with Gasteiger partial charge in [-0.05, 0) is 42.3 Å². The van der Waals surface area contributed by atoms with Crippen LogP contribution in [0, 0.1) is 5.82 Å². The molecule has 0 aromatic heterocycles. The zero-order valence-electron chi connectivity index (χ0n) is 10.8. The van der Waals surface area contributed by atoms with Gasteiger partial charge in [-0.25, -0.2) is 12.8 Å². The first-order chi connectivity index (χ1) is 9.87. The van der Waals surface area contributed by atoms with E-state index in [1.54, 1.807) is 24.3 Å². The molecule has 0 heterocycles. The van der Waals surface area contributed by atoms with Crippen LogP contribution in [0.25, 0.3) is 0 Å². The average Bonchev–Trinajstić information content (AvgIpc) is 2.42. The molecule has 0 aliphatic heterocycles. The van der Waals surface area contributed by atoms with Crippen molar-refractivity contribution in [2.45, 2.75) is 6.42 Å². The zero-order chi connectivity index (χ0) is 15.5. The molecule has 0 aliphatic carbocycles. The summed E-state index contributed by atoms with van der Waals surface area (Å²) in [5, 5.41) is 0.535. The van der Waals surface area contributed by atoms with E-state index in [1.165, 1.54) is 18.2 Å². The van der Waals surface area contributed by atoms with Gasteiger partial charge in [0, 0.05) is 9.50 Å². The van der Waals surface area contributed by atoms with Gasteiger partial charge in [0.2, 0.25) is 10.0 Å². The number of halogens is 3. The molecule has 0 aliphatic rings. The second-order valence-corrected chi connectivity index (χ2v) is 7.52. The van der Waals surface area contributed by atoms with Crippen molar-refractivity contribution in [3.8, 4) is 0 Å². The van der Waals surface area contributed by atoms with Crippen LogP contribution < -0.4 is 4.72 Å². The molecule has 0 saturated heterocycles. The molecule has 1 N–H and O–H groups in total. The fourth-order valence-electron chi connectivity index (χ4n) is 1.74. The SMILES string of the molecule is O=S(=O)(CCc1cc(Cl)ccc1Br)Nc1ccccc1F. The molecule has 0 bridgehead atoms. The van der Waals surface area contributed by atoms with E-state index in [0.29, 0.717) is 5.02 Å². The van der Waals surface area contributed by atoms with E-state index in [2.05, 4.69) is 20.7 Å². The highest BCUT2D eigenvalue weighted by Crippen LogP contribution is 2.22. The highest BCUT2D eigenvalue weighted by Gasteiger charge is 2.14. The minimum atomic E-state index is -3.64. The largest absolute Gasteiger partial charge is 0.281 e. The summed E-state index contributed by atoms with van der Waals surface area (Å²) in [6, 6.07) is 10.8. The Morgan fingerprint density at radius 3 is 2.62 bits per heavy atom. The van der Waals surface area contributed by atoms with Crippen molar-refractivity contribution in [3.63, 3.8) is 0 Å². The number of anilines is 1. The molecule has 3 nitrogen and oxygen atoms in total. The Morgan fingerprint density at radius 2 is 1.90 bits per heavy atom. The van der Waals surface area contributed by atoms with Crippen molar-refractivity contribution in [2.75, 3.05) is 10.5 Å². The summed E-state index contributed by atoms with van der Waals surface area (Å²) in [7, 11) is -3.64. The second-order valence-electron chi connectivity index (χ2n) is 4.39. The summed E-state index contributed by atoms with van der Waals surface area (Å²) >= 11 is 9.22. The van der Waals surface area contributed by atoms with Gasteiger partial charge in [0.05, 0.1) is 11.4 Å². The highest BCUT2D eigenvalue weighted by atomic mass is 79.9. The van der Waals surface area contributed by atoms with E-state index in [4.69, 9.17) is 11.6 Å². The molecule has 7 heteroatoms. The van der Waals surface area contributed by atoms with Crippen molar-refractivity contribution in [1.82, 2.24) is 0 Å². The Hall–Kier alpha value is -1.11. The number of aryl methyl sites for hydroxylation is 1. The van der Waals surface area contributed by atoms with Crippen molar-refractivity contribution >= 4 is 43.2 Å². The van der Waals surface area contributed by atoms with Crippen LogP contribution in [0.15, 0.2) is 46.9 Å². The van der Waals surface area contributed by atoms with Crippen LogP contribution in [0.1, 0.15) is 5.56 Å². The average molecular weight is 393 g/mol. The lowest BCUT2D eigenvalue weighted by molar-refractivity contribution is 0.598. The lowest BCUT2D eigenvalue weighted by Crippen LogP contribution is -2.19. The predicted octanol–water partition coefficient (Wildman–Crippen LogP) is 4.23. The summed E-state index contributed by atoms with van der Waals surface area (Å²) in [5.74, 6) is -0.773. The van der Waals surface area contributed by atoms with Gasteiger partial charge in [0.1, 0.15) is 5.82 Å². The molecule has 0 saturated carbocycles. The Bertz CT molecular complexity index is 752. The minimum absolute atomic E-state index is 0.0531. The monoisotopic (exact) mass is 391 g/mol. The van der Waals surface area contributed by atoms with Gasteiger partial charge in [-0.15, -0.1) is 0 Å². The van der Waals surface area contributed by atoms with Crippen molar-refractivity contribution in [1.29, 1.82) is 0 Å². The van der Waals surface area contributed by atoms with Gasteiger partial charge in [0.25, 0.3) is 0 Å². The third-order valence-corrected chi connectivity index (χ3v) is 5.07. The maximum atomic E-state index is 13.4. The molecule has 2 aromatic rings. The molecular formula is C14H12BrClFNO2S. The van der Waals surface area contributed by atoms with E-state index in [1.807, 2.05) is 0 Å². The maximum Gasteiger partial charge on any atom is 0.233 e. The molecule has 0 unspecified atom stereocenters. The van der Waals surface area contributed by atoms with Crippen LogP contribution in [-0.4, -0.2) is 14.2 Å². The van der Waals surface area contributed by atoms with E-state index in [0.717, 1.165) is 10.0 Å². The van der Waals surface area contributed by atoms with Crippen LogP contribution in [0.4, 0.5) is 10.1 Å². The molecule has 0 spiro atoms. The predicted molar refractivity (Wildman–Crippen MR) is 86.7 cm³/mol. The van der Waals surface area contributed by atoms with Gasteiger partial charge in [0.15, 0.2) is 0 Å². The van der Waals surface area contributed by atoms with Crippen molar-refractivity contribution < 1.29 is 12.8 Å². The minimum Gasteiger partial charge on any atom is -0.281 e. The lowest BCUT2D eigenvalue weighted by atomic mass is 10.2. The molecule has 0 radical (unpaired) electrons. The highest BCUT2D eigenvalue weighted by molar-refractivity contribution is 9.10. The Labute approximate surface area is 136 Å². The maximum absolute atomic E-state index is 13.4. The standard InChI is InChI=1S/C14H12BrClFNO2S/c15-12-6-5-11(16)9-10(12)7-8-21(19,20)18-14-4-2-1-3-13(14)17/h1-6,9,18H,7-8H2. The number of para-hydroxylation sites is 1. The Balaban J connectivity index is 2.08. The fourth-order valence-corrected chi connectivity index (χ4v) is 3.47. The number of benzene rings is 2. The summed E-state index contributed by atoms with van der Waals surface area (Å²) in [6.45, 7) is 0. The fraction of sp³-hybridized carbons (Fsp3) is 0.143. The molecule has 0 amide bonds. The molecule has 112 valence electrons. The van der Waals surface area contributed by atoms with Crippen LogP contribution in [0.5, 0.6) is 0 Å². The number of rotatable bonds is 5. The van der Waals surface area contributed by atoms with Gasteiger partial charge in [-0.3, -0.25) is 4.72 Å². The third-order valence-electron chi connectivity index (χ3n) is 2.79. The molecule has 2 rings (SSSR count). The van der Waals surface area contributed by atoms with E-state index >= 15 is 0 Å². The normalized spacial score (nSPS) is 11.4. The number of nitrogens with one attached hydrogen (secondary N) is 1. The number of hydrogen-bond acceptors (Lipinski definition) is 2. The van der Waals surface area contributed by atoms with E-state index in [-0.39, 0.29) is 17.9 Å². The summed E-state index contributed by atoms with van der Waals surface area (Å²) in [5.41, 5.74) is 0.726. The Morgan fingerprint density at radius 1 is 1.19 bits per heavy atom. The van der Waals surface area contributed by atoms with E-state index < -0.39 is 15.8 Å². The Kier molecular flexibility index (Phi) is 5.24. The molecule has 0 fully saturated rings. The van der Waals surface area contributed by atoms with Crippen LogP contribution >= 0.6 is 27.5 Å². The van der Waals surface area contributed by atoms with Gasteiger partial charge in [-0.2, -0.15) is 0 Å². The first kappa shape index (κ1) is 16.3. The van der Waals surface area contributed by atoms with Crippen LogP contribution in [0.3, 0.4) is 0 Å². The van der Waals surface area contributed by atoms with Crippen molar-refractivity contribution in [3.05, 3.63) is 63.3 Å². The zero-order valence-corrected chi connectivity index (χ0v) is 14.0. The second kappa shape index (κ2) is 6.77. The number of sulfonamides is 1. The first-order valence-electron chi connectivity index (χ1n) is 6.06. The van der Waals surface area contributed by atoms with Gasteiger partial charge >= 0.3 is 0 Å². The smallest absolute Gasteiger partial charge is 0.233 e. The summed E-state index contributed by atoms with van der Waals surface area (Å²) in [4.78, 5) is 0. The first-order valence-corrected chi connectivity index (χ1v) is 8.89. The van der Waals surface area contributed by atoms with E-state index in [9.17, 15) is 12.8 Å². The molecule has 2 aromatic carbocycles. The van der Waals surface area contributed by atoms with Crippen LogP contribution in [-0.2, 0) is 16.4 Å².